The van der Waals surface area contributed by atoms with Gasteiger partial charge in [-0.3, -0.25) is 0 Å². The van der Waals surface area contributed by atoms with Crippen molar-refractivity contribution in [3.8, 4) is 6.01 Å². The van der Waals surface area contributed by atoms with Crippen LogP contribution >= 0.6 is 11.6 Å². The molecular weight excluding hydrogens is 278 g/mol. The molecule has 2 aliphatic rings. The highest BCUT2D eigenvalue weighted by molar-refractivity contribution is 6.28. The zero-order valence-electron chi connectivity index (χ0n) is 11.7. The van der Waals surface area contributed by atoms with Gasteiger partial charge in [0.05, 0.1) is 7.11 Å². The maximum absolute atomic E-state index is 5.96. The molecule has 1 aliphatic heterocycles. The minimum atomic E-state index is 0.194. The highest BCUT2D eigenvalue weighted by Crippen LogP contribution is 2.32. The first-order valence-corrected chi connectivity index (χ1v) is 7.57. The van der Waals surface area contributed by atoms with Crippen LogP contribution in [0.4, 0.5) is 5.95 Å². The molecule has 1 aliphatic carbocycles. The second-order valence-corrected chi connectivity index (χ2v) is 5.83. The molecule has 1 N–H and O–H groups in total. The van der Waals surface area contributed by atoms with E-state index in [0.717, 1.165) is 19.6 Å². The van der Waals surface area contributed by atoms with Crippen molar-refractivity contribution in [3.05, 3.63) is 5.28 Å². The molecule has 0 radical (unpaired) electrons. The lowest BCUT2D eigenvalue weighted by Gasteiger charge is -2.30. The Morgan fingerprint density at radius 3 is 2.80 bits per heavy atom. The Balaban J connectivity index is 1.77. The molecule has 0 spiro atoms. The number of hydrogen-bond acceptors (Lipinski definition) is 6. The molecule has 1 aromatic heterocycles. The summed E-state index contributed by atoms with van der Waals surface area (Å²) in [6.45, 7) is 3.17. The summed E-state index contributed by atoms with van der Waals surface area (Å²) in [7, 11) is 1.54. The van der Waals surface area contributed by atoms with Crippen LogP contribution in [0.25, 0.3) is 0 Å². The van der Waals surface area contributed by atoms with Crippen molar-refractivity contribution >= 4 is 17.5 Å². The maximum Gasteiger partial charge on any atom is 0.322 e. The van der Waals surface area contributed by atoms with Gasteiger partial charge in [-0.1, -0.05) is 0 Å². The summed E-state index contributed by atoms with van der Waals surface area (Å²) in [4.78, 5) is 14.8. The quantitative estimate of drug-likeness (QED) is 0.889. The average molecular weight is 298 g/mol. The van der Waals surface area contributed by atoms with E-state index in [1.807, 2.05) is 0 Å². The van der Waals surface area contributed by atoms with Crippen molar-refractivity contribution in [2.75, 3.05) is 31.6 Å². The second kappa shape index (κ2) is 6.10. The number of rotatable bonds is 5. The molecule has 0 bridgehead atoms. The lowest BCUT2D eigenvalue weighted by Crippen LogP contribution is -2.40. The Morgan fingerprint density at radius 1 is 1.30 bits per heavy atom. The van der Waals surface area contributed by atoms with E-state index in [1.54, 1.807) is 7.11 Å². The third kappa shape index (κ3) is 3.30. The van der Waals surface area contributed by atoms with Crippen LogP contribution in [-0.2, 0) is 0 Å². The first-order chi connectivity index (χ1) is 9.76. The zero-order valence-corrected chi connectivity index (χ0v) is 12.4. The fraction of sp³-hybridized carbons (Fsp3) is 0.769. The van der Waals surface area contributed by atoms with E-state index >= 15 is 0 Å². The molecule has 7 heteroatoms. The summed E-state index contributed by atoms with van der Waals surface area (Å²) in [5.74, 6) is 1.29. The largest absolute Gasteiger partial charge is 0.467 e. The fourth-order valence-corrected chi connectivity index (χ4v) is 2.83. The standard InChI is InChI=1S/C13H20ClN5O/c1-20-13-17-11(14)16-12(18-13)19(10-4-5-10)8-9-3-2-6-15-7-9/h9-10,15H,2-8H2,1H3. The maximum atomic E-state index is 5.96. The van der Waals surface area contributed by atoms with E-state index in [0.29, 0.717) is 17.9 Å². The van der Waals surface area contributed by atoms with Crippen molar-refractivity contribution < 1.29 is 4.74 Å². The fourth-order valence-electron chi connectivity index (χ4n) is 2.68. The van der Waals surface area contributed by atoms with E-state index in [2.05, 4.69) is 25.2 Å². The Labute approximate surface area is 123 Å². The van der Waals surface area contributed by atoms with Crippen molar-refractivity contribution in [3.63, 3.8) is 0 Å². The molecule has 20 heavy (non-hydrogen) atoms. The van der Waals surface area contributed by atoms with Gasteiger partial charge in [0, 0.05) is 12.6 Å². The predicted molar refractivity (Wildman–Crippen MR) is 77.4 cm³/mol. The Morgan fingerprint density at radius 2 is 2.15 bits per heavy atom. The van der Waals surface area contributed by atoms with Crippen molar-refractivity contribution in [2.24, 2.45) is 5.92 Å². The molecule has 6 nitrogen and oxygen atoms in total. The molecule has 2 heterocycles. The summed E-state index contributed by atoms with van der Waals surface area (Å²) in [6.07, 6.45) is 4.90. The summed E-state index contributed by atoms with van der Waals surface area (Å²) >= 11 is 5.96. The van der Waals surface area contributed by atoms with Gasteiger partial charge < -0.3 is 15.0 Å². The van der Waals surface area contributed by atoms with Crippen LogP contribution in [0.15, 0.2) is 0 Å². The summed E-state index contributed by atoms with van der Waals surface area (Å²) in [5.41, 5.74) is 0. The highest BCUT2D eigenvalue weighted by Gasteiger charge is 2.33. The van der Waals surface area contributed by atoms with Crippen molar-refractivity contribution in [2.45, 2.75) is 31.7 Å². The molecule has 1 saturated carbocycles. The van der Waals surface area contributed by atoms with E-state index in [-0.39, 0.29) is 11.3 Å². The van der Waals surface area contributed by atoms with Gasteiger partial charge in [-0.15, -0.1) is 0 Å². The third-order valence-corrected chi connectivity index (χ3v) is 4.03. The number of methoxy groups -OCH3 is 1. The average Bonchev–Trinajstić information content (AvgIpc) is 3.29. The Hall–Kier alpha value is -1.14. The Kier molecular flexibility index (Phi) is 4.21. The molecule has 1 unspecified atom stereocenters. The van der Waals surface area contributed by atoms with Gasteiger partial charge in [0.2, 0.25) is 11.2 Å². The number of anilines is 1. The van der Waals surface area contributed by atoms with E-state index in [4.69, 9.17) is 16.3 Å². The van der Waals surface area contributed by atoms with Gasteiger partial charge in [-0.2, -0.15) is 15.0 Å². The first kappa shape index (κ1) is 13.8. The number of piperidine rings is 1. The zero-order chi connectivity index (χ0) is 13.9. The third-order valence-electron chi connectivity index (χ3n) is 3.86. The molecule has 0 amide bonds. The van der Waals surface area contributed by atoms with Crippen LogP contribution in [-0.4, -0.2) is 47.7 Å². The van der Waals surface area contributed by atoms with E-state index in [9.17, 15) is 0 Å². The van der Waals surface area contributed by atoms with Crippen LogP contribution in [0.1, 0.15) is 25.7 Å². The summed E-state index contributed by atoms with van der Waals surface area (Å²) in [6, 6.07) is 0.826. The number of aromatic nitrogens is 3. The molecule has 1 saturated heterocycles. The molecule has 0 aromatic carbocycles. The van der Waals surface area contributed by atoms with E-state index < -0.39 is 0 Å². The number of halogens is 1. The minimum Gasteiger partial charge on any atom is -0.467 e. The smallest absolute Gasteiger partial charge is 0.322 e. The Bertz CT molecular complexity index is 462. The molecule has 1 atom stereocenters. The van der Waals surface area contributed by atoms with Gasteiger partial charge in [-0.05, 0) is 56.3 Å². The van der Waals surface area contributed by atoms with Crippen LogP contribution in [0.2, 0.25) is 5.28 Å². The first-order valence-electron chi connectivity index (χ1n) is 7.19. The topological polar surface area (TPSA) is 63.2 Å². The number of hydrogen-bond donors (Lipinski definition) is 1. The van der Waals surface area contributed by atoms with Gasteiger partial charge >= 0.3 is 6.01 Å². The van der Waals surface area contributed by atoms with Crippen molar-refractivity contribution in [1.82, 2.24) is 20.3 Å². The minimum absolute atomic E-state index is 0.194. The van der Waals surface area contributed by atoms with Gasteiger partial charge in [0.15, 0.2) is 0 Å². The highest BCUT2D eigenvalue weighted by atomic mass is 35.5. The SMILES string of the molecule is COc1nc(Cl)nc(N(CC2CCCNC2)C2CC2)n1. The monoisotopic (exact) mass is 297 g/mol. The number of nitrogens with zero attached hydrogens (tertiary/aromatic N) is 4. The number of nitrogens with one attached hydrogen (secondary N) is 1. The summed E-state index contributed by atoms with van der Waals surface area (Å²) in [5, 5.41) is 3.65. The van der Waals surface area contributed by atoms with Crippen LogP contribution in [0.3, 0.4) is 0 Å². The van der Waals surface area contributed by atoms with Crippen LogP contribution in [0, 0.1) is 5.92 Å². The molecule has 110 valence electrons. The molecule has 2 fully saturated rings. The van der Waals surface area contributed by atoms with Crippen LogP contribution in [0.5, 0.6) is 6.01 Å². The van der Waals surface area contributed by atoms with Crippen molar-refractivity contribution in [1.29, 1.82) is 0 Å². The predicted octanol–water partition coefficient (Wildman–Crippen LogP) is 1.50. The van der Waals surface area contributed by atoms with Crippen LogP contribution < -0.4 is 15.0 Å². The van der Waals surface area contributed by atoms with Gasteiger partial charge in [0.25, 0.3) is 0 Å². The molecule has 3 rings (SSSR count). The summed E-state index contributed by atoms with van der Waals surface area (Å²) < 4.78 is 5.09. The lowest BCUT2D eigenvalue weighted by molar-refractivity contribution is 0.367. The normalized spacial score (nSPS) is 22.6. The molecular formula is C13H20ClN5O. The second-order valence-electron chi connectivity index (χ2n) is 5.49. The molecule has 1 aromatic rings. The van der Waals surface area contributed by atoms with Gasteiger partial charge in [0.1, 0.15) is 0 Å². The van der Waals surface area contributed by atoms with Gasteiger partial charge in [-0.25, -0.2) is 0 Å². The van der Waals surface area contributed by atoms with E-state index in [1.165, 1.54) is 25.7 Å². The number of ether oxygens (including phenoxy) is 1. The lowest BCUT2D eigenvalue weighted by atomic mass is 9.99.